The molecule has 0 aliphatic rings. The molecule has 0 atom stereocenters. The fourth-order valence-corrected chi connectivity index (χ4v) is 6.41. The van der Waals surface area contributed by atoms with Gasteiger partial charge in [-0.25, -0.2) is 0 Å². The van der Waals surface area contributed by atoms with Gasteiger partial charge in [0, 0.05) is 25.7 Å². The number of rotatable bonds is 40. The van der Waals surface area contributed by atoms with Gasteiger partial charge in [0.1, 0.15) is 19.8 Å². The molecule has 0 saturated heterocycles. The van der Waals surface area contributed by atoms with E-state index in [0.29, 0.717) is 36.7 Å². The molecular formula is C48H87N2O6+. The molecule has 0 aromatic heterocycles. The van der Waals surface area contributed by atoms with E-state index in [1.54, 1.807) is 4.90 Å². The summed E-state index contributed by atoms with van der Waals surface area (Å²) in [5, 5.41) is 9.33. The summed E-state index contributed by atoms with van der Waals surface area (Å²) < 4.78 is 11.6. The Labute approximate surface area is 344 Å². The molecule has 0 fully saturated rings. The van der Waals surface area contributed by atoms with Crippen molar-refractivity contribution < 1.29 is 33.4 Å². The second-order valence-corrected chi connectivity index (χ2v) is 16.0. The molecule has 0 aliphatic heterocycles. The molecule has 0 saturated carbocycles. The van der Waals surface area contributed by atoms with Crippen LogP contribution in [-0.4, -0.2) is 92.4 Å². The Morgan fingerprint density at radius 3 is 1.30 bits per heavy atom. The van der Waals surface area contributed by atoms with E-state index >= 15 is 0 Å². The highest BCUT2D eigenvalue weighted by Gasteiger charge is 2.19. The number of quaternary nitrogens is 1. The van der Waals surface area contributed by atoms with Gasteiger partial charge in [-0.2, -0.15) is 0 Å². The van der Waals surface area contributed by atoms with Gasteiger partial charge >= 0.3 is 11.9 Å². The molecule has 0 radical (unpaired) electrons. The van der Waals surface area contributed by atoms with Crippen molar-refractivity contribution in [1.29, 1.82) is 0 Å². The van der Waals surface area contributed by atoms with Crippen LogP contribution in [0.25, 0.3) is 0 Å². The van der Waals surface area contributed by atoms with E-state index in [0.717, 1.165) is 70.8 Å². The van der Waals surface area contributed by atoms with Gasteiger partial charge in [-0.05, 0) is 77.0 Å². The van der Waals surface area contributed by atoms with Crippen LogP contribution in [0.3, 0.4) is 0 Å². The summed E-state index contributed by atoms with van der Waals surface area (Å²) in [6.07, 6.45) is 45.0. The molecule has 8 heteroatoms. The summed E-state index contributed by atoms with van der Waals surface area (Å²) in [4.78, 5) is 39.7. The molecule has 0 unspecified atom stereocenters. The third-order valence-electron chi connectivity index (χ3n) is 10.1. The number of carbonyl (C=O) groups excluding carboxylic acids is 3. The number of nitrogens with zero attached hydrogens (tertiary/aromatic N) is 2. The lowest BCUT2D eigenvalue weighted by Gasteiger charge is -2.29. The summed E-state index contributed by atoms with van der Waals surface area (Å²) in [5.74, 6) is -0.492. The van der Waals surface area contributed by atoms with Crippen LogP contribution in [0.1, 0.15) is 181 Å². The Bertz CT molecular complexity index is 986. The minimum atomic E-state index is -0.227. The standard InChI is InChI=1S/C48H87N2O6/c1-5-7-9-11-13-15-17-19-21-23-25-27-29-31-33-37-47(53)55-44-39-49(46(52)36-35-41-50(3,4)42-43-51)40-45-56-48(54)38-34-32-30-28-26-24-22-20-18-16-14-12-10-8-6-2/h13-16,19-22,51H,5-12,17-18,23-45H2,1-4H3/q+1/b15-13-,16-14-,21-19-,22-20-. The first-order valence-electron chi connectivity index (χ1n) is 22.9. The van der Waals surface area contributed by atoms with Gasteiger partial charge in [0.2, 0.25) is 5.91 Å². The Morgan fingerprint density at radius 2 is 0.893 bits per heavy atom. The largest absolute Gasteiger partial charge is 0.464 e. The number of unbranched alkanes of at least 4 members (excludes halogenated alkanes) is 16. The van der Waals surface area contributed by atoms with Crippen molar-refractivity contribution in [3.63, 3.8) is 0 Å². The van der Waals surface area contributed by atoms with Crippen LogP contribution in [0.15, 0.2) is 48.6 Å². The lowest BCUT2D eigenvalue weighted by molar-refractivity contribution is -0.890. The molecule has 324 valence electrons. The first-order valence-corrected chi connectivity index (χ1v) is 22.9. The first kappa shape index (κ1) is 53.3. The number of aliphatic hydroxyl groups excluding tert-OH is 1. The van der Waals surface area contributed by atoms with Crippen LogP contribution < -0.4 is 0 Å². The minimum Gasteiger partial charge on any atom is -0.464 e. The number of carbonyl (C=O) groups is 3. The summed E-state index contributed by atoms with van der Waals surface area (Å²) in [6, 6.07) is 0. The highest BCUT2D eigenvalue weighted by Crippen LogP contribution is 2.11. The lowest BCUT2D eigenvalue weighted by Crippen LogP contribution is -2.43. The lowest BCUT2D eigenvalue weighted by atomic mass is 10.1. The summed E-state index contributed by atoms with van der Waals surface area (Å²) in [7, 11) is 4.08. The van der Waals surface area contributed by atoms with E-state index in [1.807, 2.05) is 14.1 Å². The van der Waals surface area contributed by atoms with Gasteiger partial charge in [0.25, 0.3) is 0 Å². The fourth-order valence-electron chi connectivity index (χ4n) is 6.41. The molecule has 0 aliphatic carbocycles. The van der Waals surface area contributed by atoms with Crippen molar-refractivity contribution in [3.8, 4) is 0 Å². The van der Waals surface area contributed by atoms with Crippen molar-refractivity contribution in [2.45, 2.75) is 181 Å². The van der Waals surface area contributed by atoms with E-state index in [4.69, 9.17) is 9.47 Å². The minimum absolute atomic E-state index is 0.0384. The predicted octanol–water partition coefficient (Wildman–Crippen LogP) is 11.4. The molecular weight excluding hydrogens is 701 g/mol. The van der Waals surface area contributed by atoms with Crippen LogP contribution in [-0.2, 0) is 23.9 Å². The predicted molar refractivity (Wildman–Crippen MR) is 235 cm³/mol. The van der Waals surface area contributed by atoms with Crippen molar-refractivity contribution in [1.82, 2.24) is 4.90 Å². The molecule has 0 heterocycles. The van der Waals surface area contributed by atoms with Crippen LogP contribution in [0, 0.1) is 0 Å². The molecule has 8 nitrogen and oxygen atoms in total. The van der Waals surface area contributed by atoms with Crippen LogP contribution in [0.4, 0.5) is 0 Å². The maximum atomic E-state index is 13.2. The van der Waals surface area contributed by atoms with E-state index < -0.39 is 0 Å². The number of aliphatic hydroxyl groups is 1. The number of amides is 1. The quantitative estimate of drug-likeness (QED) is 0.0288. The highest BCUT2D eigenvalue weighted by atomic mass is 16.5. The third kappa shape index (κ3) is 38.2. The van der Waals surface area contributed by atoms with Gasteiger partial charge in [-0.15, -0.1) is 0 Å². The van der Waals surface area contributed by atoms with Crippen molar-refractivity contribution in [2.75, 3.05) is 60.1 Å². The molecule has 56 heavy (non-hydrogen) atoms. The smallest absolute Gasteiger partial charge is 0.305 e. The average molecular weight is 788 g/mol. The zero-order valence-electron chi connectivity index (χ0n) is 36.8. The SMILES string of the molecule is CCCCC/C=C\C/C=C\CCCCCCCC(=O)OCCN(CCOC(=O)CCCCCCC/C=C\C/C=C\CCCCC)C(=O)CCC[N+](C)(C)CCO. The van der Waals surface area contributed by atoms with Gasteiger partial charge in [0.05, 0.1) is 40.3 Å². The molecule has 0 bridgehead atoms. The molecule has 0 aromatic rings. The Balaban J connectivity index is 4.31. The second kappa shape index (κ2) is 40.5. The van der Waals surface area contributed by atoms with Crippen molar-refractivity contribution in [3.05, 3.63) is 48.6 Å². The van der Waals surface area contributed by atoms with Gasteiger partial charge in [0.15, 0.2) is 0 Å². The number of esters is 2. The summed E-state index contributed by atoms with van der Waals surface area (Å²) in [6.45, 7) is 6.81. The Kier molecular flexibility index (Phi) is 38.5. The number of hydrogen-bond donors (Lipinski definition) is 1. The van der Waals surface area contributed by atoms with E-state index in [-0.39, 0.29) is 50.8 Å². The Hall–Kier alpha value is -2.71. The van der Waals surface area contributed by atoms with Gasteiger partial charge in [-0.1, -0.05) is 127 Å². The first-order chi connectivity index (χ1) is 27.3. The van der Waals surface area contributed by atoms with Crippen LogP contribution >= 0.6 is 0 Å². The van der Waals surface area contributed by atoms with E-state index in [1.165, 1.54) is 77.0 Å². The number of hydrogen-bond acceptors (Lipinski definition) is 6. The molecule has 0 spiro atoms. The zero-order valence-corrected chi connectivity index (χ0v) is 36.8. The van der Waals surface area contributed by atoms with Gasteiger partial charge in [-0.3, -0.25) is 14.4 Å². The number of allylic oxidation sites excluding steroid dienone is 8. The molecule has 0 aromatic carbocycles. The Morgan fingerprint density at radius 1 is 0.500 bits per heavy atom. The molecule has 0 rings (SSSR count). The number of ether oxygens (including phenoxy) is 2. The zero-order chi connectivity index (χ0) is 41.2. The second-order valence-electron chi connectivity index (χ2n) is 16.0. The van der Waals surface area contributed by atoms with Crippen molar-refractivity contribution >= 4 is 17.8 Å². The van der Waals surface area contributed by atoms with Crippen LogP contribution in [0.2, 0.25) is 0 Å². The summed E-state index contributed by atoms with van der Waals surface area (Å²) in [5.41, 5.74) is 0. The van der Waals surface area contributed by atoms with Crippen molar-refractivity contribution in [2.24, 2.45) is 0 Å². The highest BCUT2D eigenvalue weighted by molar-refractivity contribution is 5.76. The maximum Gasteiger partial charge on any atom is 0.305 e. The van der Waals surface area contributed by atoms with E-state index in [9.17, 15) is 19.5 Å². The summed E-state index contributed by atoms with van der Waals surface area (Å²) >= 11 is 0. The fraction of sp³-hybridized carbons (Fsp3) is 0.771. The normalized spacial score (nSPS) is 12.2. The van der Waals surface area contributed by atoms with E-state index in [2.05, 4.69) is 62.5 Å². The monoisotopic (exact) mass is 788 g/mol. The third-order valence-corrected chi connectivity index (χ3v) is 10.1. The average Bonchev–Trinajstić information content (AvgIpc) is 3.17. The molecule has 1 N–H and O–H groups in total. The maximum absolute atomic E-state index is 13.2. The number of likely N-dealkylation sites (N-methyl/N-ethyl adjacent to an activating group) is 1. The topological polar surface area (TPSA) is 93.1 Å². The molecule has 1 amide bonds. The van der Waals surface area contributed by atoms with Crippen LogP contribution in [0.5, 0.6) is 0 Å². The van der Waals surface area contributed by atoms with Gasteiger partial charge < -0.3 is 24.0 Å².